The molecule has 0 radical (unpaired) electrons. The van der Waals surface area contributed by atoms with Crippen LogP contribution in [-0.4, -0.2) is 30.4 Å². The van der Waals surface area contributed by atoms with Crippen LogP contribution in [0.15, 0.2) is 66.9 Å². The van der Waals surface area contributed by atoms with E-state index in [1.165, 1.54) is 16.5 Å². The maximum atomic E-state index is 13.1. The van der Waals surface area contributed by atoms with Crippen LogP contribution >= 0.6 is 0 Å². The number of amides is 2. The third-order valence-electron chi connectivity index (χ3n) is 4.88. The molecule has 2 aromatic carbocycles. The number of para-hydroxylation sites is 1. The van der Waals surface area contributed by atoms with E-state index in [9.17, 15) is 9.59 Å². The van der Waals surface area contributed by atoms with E-state index >= 15 is 0 Å². The maximum Gasteiger partial charge on any atom is 0.278 e. The lowest BCUT2D eigenvalue weighted by molar-refractivity contribution is -0.136. The molecule has 5 nitrogen and oxygen atoms in total. The first kappa shape index (κ1) is 20.4. The summed E-state index contributed by atoms with van der Waals surface area (Å²) < 4.78 is 5.42. The Bertz CT molecular complexity index is 982. The van der Waals surface area contributed by atoms with Crippen LogP contribution < -0.4 is 10.1 Å². The van der Waals surface area contributed by atoms with E-state index in [1.54, 1.807) is 19.2 Å². The zero-order valence-electron chi connectivity index (χ0n) is 17.3. The van der Waals surface area contributed by atoms with Crippen molar-refractivity contribution in [3.05, 3.63) is 78.0 Å². The molecule has 0 aromatic heterocycles. The molecule has 0 aliphatic carbocycles. The molecule has 29 heavy (non-hydrogen) atoms. The molecule has 1 heterocycles. The first-order chi connectivity index (χ1) is 13.8. The van der Waals surface area contributed by atoms with Gasteiger partial charge in [0.25, 0.3) is 11.8 Å². The normalized spacial score (nSPS) is 14.4. The summed E-state index contributed by atoms with van der Waals surface area (Å²) in [5.41, 5.74) is 3.07. The monoisotopic (exact) mass is 390 g/mol. The SMILES string of the molecule is C=CCN1C(=O)C(Nc2ccc(C(C)(C)C)cc2)=C(c2ccccc2OC)C1=O. The fourth-order valence-electron chi connectivity index (χ4n) is 3.29. The molecule has 2 amide bonds. The van der Waals surface area contributed by atoms with Crippen molar-refractivity contribution in [3.63, 3.8) is 0 Å². The number of nitrogens with zero attached hydrogens (tertiary/aromatic N) is 1. The molecule has 0 fully saturated rings. The average Bonchev–Trinajstić information content (AvgIpc) is 2.92. The van der Waals surface area contributed by atoms with Gasteiger partial charge < -0.3 is 10.1 Å². The van der Waals surface area contributed by atoms with Crippen molar-refractivity contribution in [1.82, 2.24) is 4.90 Å². The predicted molar refractivity (Wildman–Crippen MR) is 116 cm³/mol. The van der Waals surface area contributed by atoms with E-state index in [1.807, 2.05) is 36.4 Å². The Morgan fingerprint density at radius 1 is 1.03 bits per heavy atom. The second kappa shape index (κ2) is 7.95. The Kier molecular flexibility index (Phi) is 5.59. The minimum absolute atomic E-state index is 0.0280. The minimum Gasteiger partial charge on any atom is -0.496 e. The lowest BCUT2D eigenvalue weighted by atomic mass is 9.87. The molecule has 0 unspecified atom stereocenters. The number of ether oxygens (including phenoxy) is 1. The van der Waals surface area contributed by atoms with Gasteiger partial charge in [-0.05, 0) is 29.2 Å². The van der Waals surface area contributed by atoms with Gasteiger partial charge in [-0.2, -0.15) is 0 Å². The van der Waals surface area contributed by atoms with Gasteiger partial charge in [0, 0.05) is 17.8 Å². The highest BCUT2D eigenvalue weighted by Crippen LogP contribution is 2.35. The lowest BCUT2D eigenvalue weighted by Crippen LogP contribution is -2.32. The summed E-state index contributed by atoms with van der Waals surface area (Å²) >= 11 is 0. The molecule has 0 saturated heterocycles. The van der Waals surface area contributed by atoms with Gasteiger partial charge in [0.15, 0.2) is 0 Å². The zero-order chi connectivity index (χ0) is 21.2. The molecule has 1 aliphatic heterocycles. The van der Waals surface area contributed by atoms with Crippen LogP contribution in [0.1, 0.15) is 31.9 Å². The highest BCUT2D eigenvalue weighted by molar-refractivity contribution is 6.37. The standard InChI is InChI=1S/C24H26N2O3/c1-6-15-26-22(27)20(18-9-7-8-10-19(18)29-5)21(23(26)28)25-17-13-11-16(12-14-17)24(2,3)4/h6-14,25H,1,15H2,2-5H3. The minimum atomic E-state index is -0.379. The second-order valence-electron chi connectivity index (χ2n) is 7.91. The van der Waals surface area contributed by atoms with E-state index in [0.29, 0.717) is 16.9 Å². The fourth-order valence-corrected chi connectivity index (χ4v) is 3.29. The summed E-state index contributed by atoms with van der Waals surface area (Å²) in [4.78, 5) is 27.3. The van der Waals surface area contributed by atoms with E-state index in [0.717, 1.165) is 5.69 Å². The number of nitrogens with one attached hydrogen (secondary N) is 1. The van der Waals surface area contributed by atoms with E-state index in [-0.39, 0.29) is 29.5 Å². The Morgan fingerprint density at radius 2 is 1.69 bits per heavy atom. The molecule has 150 valence electrons. The van der Waals surface area contributed by atoms with Crippen molar-refractivity contribution in [1.29, 1.82) is 0 Å². The third kappa shape index (κ3) is 3.94. The van der Waals surface area contributed by atoms with Gasteiger partial charge in [0.05, 0.1) is 12.7 Å². The van der Waals surface area contributed by atoms with Crippen molar-refractivity contribution in [2.24, 2.45) is 0 Å². The number of imide groups is 1. The second-order valence-corrected chi connectivity index (χ2v) is 7.91. The number of rotatable bonds is 6. The topological polar surface area (TPSA) is 58.6 Å². The highest BCUT2D eigenvalue weighted by Gasteiger charge is 2.39. The van der Waals surface area contributed by atoms with Crippen molar-refractivity contribution in [2.45, 2.75) is 26.2 Å². The number of hydrogen-bond acceptors (Lipinski definition) is 4. The van der Waals surface area contributed by atoms with Gasteiger partial charge >= 0.3 is 0 Å². The Hall–Kier alpha value is -3.34. The first-order valence-corrected chi connectivity index (χ1v) is 9.50. The largest absolute Gasteiger partial charge is 0.496 e. The van der Waals surface area contributed by atoms with Crippen LogP contribution in [0, 0.1) is 0 Å². The van der Waals surface area contributed by atoms with Crippen LogP contribution in [-0.2, 0) is 15.0 Å². The molecule has 3 rings (SSSR count). The summed E-state index contributed by atoms with van der Waals surface area (Å²) in [5.74, 6) is -0.213. The lowest BCUT2D eigenvalue weighted by Gasteiger charge is -2.19. The quantitative estimate of drug-likeness (QED) is 0.588. The van der Waals surface area contributed by atoms with Gasteiger partial charge in [-0.15, -0.1) is 6.58 Å². The van der Waals surface area contributed by atoms with Gasteiger partial charge in [-0.1, -0.05) is 57.2 Å². The summed E-state index contributed by atoms with van der Waals surface area (Å²) in [7, 11) is 1.54. The van der Waals surface area contributed by atoms with E-state index in [4.69, 9.17) is 4.74 Å². The van der Waals surface area contributed by atoms with Gasteiger partial charge in [0.2, 0.25) is 0 Å². The molecular formula is C24H26N2O3. The fraction of sp³-hybridized carbons (Fsp3) is 0.250. The molecule has 0 bridgehead atoms. The van der Waals surface area contributed by atoms with Gasteiger partial charge in [-0.25, -0.2) is 0 Å². The highest BCUT2D eigenvalue weighted by atomic mass is 16.5. The summed E-state index contributed by atoms with van der Waals surface area (Å²) in [6.07, 6.45) is 1.54. The number of hydrogen-bond donors (Lipinski definition) is 1. The summed E-state index contributed by atoms with van der Waals surface area (Å²) in [5, 5.41) is 3.17. The summed E-state index contributed by atoms with van der Waals surface area (Å²) in [6.45, 7) is 10.2. The van der Waals surface area contributed by atoms with E-state index < -0.39 is 0 Å². The first-order valence-electron chi connectivity index (χ1n) is 9.50. The number of carbonyl (C=O) groups is 2. The number of carbonyl (C=O) groups excluding carboxylic acids is 2. The smallest absolute Gasteiger partial charge is 0.278 e. The predicted octanol–water partition coefficient (Wildman–Crippen LogP) is 4.37. The molecule has 0 spiro atoms. The summed E-state index contributed by atoms with van der Waals surface area (Å²) in [6, 6.07) is 15.1. The van der Waals surface area contributed by atoms with Crippen LogP contribution in [0.4, 0.5) is 5.69 Å². The Balaban J connectivity index is 2.07. The number of benzene rings is 2. The molecule has 0 saturated carbocycles. The van der Waals surface area contributed by atoms with Crippen LogP contribution in [0.25, 0.3) is 5.57 Å². The van der Waals surface area contributed by atoms with Gasteiger partial charge in [-0.3, -0.25) is 14.5 Å². The van der Waals surface area contributed by atoms with E-state index in [2.05, 4.69) is 32.7 Å². The van der Waals surface area contributed by atoms with Gasteiger partial charge in [0.1, 0.15) is 11.4 Å². The molecule has 1 aliphatic rings. The molecular weight excluding hydrogens is 364 g/mol. The Labute approximate surface area is 171 Å². The molecule has 2 aromatic rings. The molecule has 0 atom stereocenters. The zero-order valence-corrected chi connectivity index (χ0v) is 17.3. The third-order valence-corrected chi connectivity index (χ3v) is 4.88. The number of methoxy groups -OCH3 is 1. The average molecular weight is 390 g/mol. The van der Waals surface area contributed by atoms with Crippen molar-refractivity contribution in [2.75, 3.05) is 19.0 Å². The molecule has 1 N–H and O–H groups in total. The van der Waals surface area contributed by atoms with Crippen LogP contribution in [0.5, 0.6) is 5.75 Å². The van der Waals surface area contributed by atoms with Crippen molar-refractivity contribution in [3.8, 4) is 5.75 Å². The van der Waals surface area contributed by atoms with Crippen molar-refractivity contribution >= 4 is 23.1 Å². The van der Waals surface area contributed by atoms with Crippen LogP contribution in [0.2, 0.25) is 0 Å². The van der Waals surface area contributed by atoms with Crippen LogP contribution in [0.3, 0.4) is 0 Å². The molecule has 5 heteroatoms. The Morgan fingerprint density at radius 3 is 2.28 bits per heavy atom. The van der Waals surface area contributed by atoms with Crippen molar-refractivity contribution < 1.29 is 14.3 Å². The maximum absolute atomic E-state index is 13.1. The number of anilines is 1.